The molecule has 0 amide bonds. The fourth-order valence-corrected chi connectivity index (χ4v) is 6.61. The molecular formula is C48H88O6. The number of rotatable bonds is 42. The molecule has 0 fully saturated rings. The van der Waals surface area contributed by atoms with E-state index in [4.69, 9.17) is 14.2 Å². The minimum absolute atomic E-state index is 0.0748. The summed E-state index contributed by atoms with van der Waals surface area (Å²) < 4.78 is 16.6. The standard InChI is InChI=1S/C48H88O6/c1-4-7-10-13-16-18-20-22-23-24-25-26-27-29-30-32-35-38-41-47(50)53-44-45(43-52-46(49)40-37-34-15-12-9-6-3)54-48(51)42-39-36-33-31-28-21-19-17-14-11-8-5-2/h17,19,23-24,45H,4-16,18,20-22,25-44H2,1-3H3/b19-17-,24-23-. The number of unbranched alkanes of at least 4 members (excludes halogenated alkanes) is 27. The molecule has 0 aromatic heterocycles. The number of esters is 3. The van der Waals surface area contributed by atoms with Crippen LogP contribution < -0.4 is 0 Å². The molecule has 0 bridgehead atoms. The molecule has 0 saturated heterocycles. The van der Waals surface area contributed by atoms with Crippen LogP contribution in [0.25, 0.3) is 0 Å². The van der Waals surface area contributed by atoms with E-state index in [1.807, 2.05) is 0 Å². The van der Waals surface area contributed by atoms with Gasteiger partial charge in [-0.2, -0.15) is 0 Å². The largest absolute Gasteiger partial charge is 0.462 e. The van der Waals surface area contributed by atoms with Crippen molar-refractivity contribution in [1.82, 2.24) is 0 Å². The average Bonchev–Trinajstić information content (AvgIpc) is 3.17. The molecule has 0 aliphatic carbocycles. The number of carbonyl (C=O) groups is 3. The highest BCUT2D eigenvalue weighted by Crippen LogP contribution is 2.14. The summed E-state index contributed by atoms with van der Waals surface area (Å²) in [5, 5.41) is 0. The Morgan fingerprint density at radius 3 is 0.963 bits per heavy atom. The van der Waals surface area contributed by atoms with Crippen LogP contribution in [0, 0.1) is 0 Å². The van der Waals surface area contributed by atoms with Crippen molar-refractivity contribution in [2.45, 2.75) is 252 Å². The topological polar surface area (TPSA) is 78.9 Å². The van der Waals surface area contributed by atoms with Gasteiger partial charge in [0.2, 0.25) is 0 Å². The zero-order chi connectivity index (χ0) is 39.4. The third-order valence-corrected chi connectivity index (χ3v) is 10.2. The molecule has 316 valence electrons. The second kappa shape index (κ2) is 43.6. The summed E-state index contributed by atoms with van der Waals surface area (Å²) >= 11 is 0. The first kappa shape index (κ1) is 51.9. The summed E-state index contributed by atoms with van der Waals surface area (Å²) in [4.78, 5) is 37.5. The quantitative estimate of drug-likeness (QED) is 0.0267. The summed E-state index contributed by atoms with van der Waals surface area (Å²) in [5.41, 5.74) is 0. The lowest BCUT2D eigenvalue weighted by molar-refractivity contribution is -0.167. The van der Waals surface area contributed by atoms with Crippen LogP contribution >= 0.6 is 0 Å². The Labute approximate surface area is 334 Å². The van der Waals surface area contributed by atoms with E-state index in [0.717, 1.165) is 64.2 Å². The molecule has 0 aliphatic heterocycles. The molecule has 0 heterocycles. The van der Waals surface area contributed by atoms with Crippen LogP contribution in [0.4, 0.5) is 0 Å². The number of carbonyl (C=O) groups excluding carboxylic acids is 3. The molecule has 0 aromatic carbocycles. The van der Waals surface area contributed by atoms with Gasteiger partial charge in [0, 0.05) is 19.3 Å². The van der Waals surface area contributed by atoms with Gasteiger partial charge >= 0.3 is 17.9 Å². The van der Waals surface area contributed by atoms with E-state index >= 15 is 0 Å². The van der Waals surface area contributed by atoms with Gasteiger partial charge in [0.05, 0.1) is 0 Å². The first-order valence-corrected chi connectivity index (χ1v) is 23.3. The summed E-state index contributed by atoms with van der Waals surface area (Å²) in [6.07, 6.45) is 47.5. The minimum atomic E-state index is -0.769. The molecule has 0 aromatic rings. The Bertz CT molecular complexity index is 880. The summed E-state index contributed by atoms with van der Waals surface area (Å²) in [6, 6.07) is 0. The molecule has 1 unspecified atom stereocenters. The molecule has 0 radical (unpaired) electrons. The number of hydrogen-bond acceptors (Lipinski definition) is 6. The number of ether oxygens (including phenoxy) is 3. The molecule has 54 heavy (non-hydrogen) atoms. The van der Waals surface area contributed by atoms with Gasteiger partial charge in [0.1, 0.15) is 13.2 Å². The Balaban J connectivity index is 4.22. The van der Waals surface area contributed by atoms with E-state index in [0.29, 0.717) is 19.3 Å². The molecule has 6 heteroatoms. The highest BCUT2D eigenvalue weighted by Gasteiger charge is 2.19. The summed E-state index contributed by atoms with van der Waals surface area (Å²) in [5.74, 6) is -0.893. The summed E-state index contributed by atoms with van der Waals surface area (Å²) in [6.45, 7) is 6.54. The van der Waals surface area contributed by atoms with Crippen molar-refractivity contribution in [3.8, 4) is 0 Å². The smallest absolute Gasteiger partial charge is 0.306 e. The maximum atomic E-state index is 12.7. The van der Waals surface area contributed by atoms with Crippen LogP contribution in [0.2, 0.25) is 0 Å². The van der Waals surface area contributed by atoms with E-state index < -0.39 is 6.10 Å². The van der Waals surface area contributed by atoms with E-state index in [9.17, 15) is 14.4 Å². The predicted molar refractivity (Wildman–Crippen MR) is 229 cm³/mol. The van der Waals surface area contributed by atoms with Gasteiger partial charge in [-0.3, -0.25) is 14.4 Å². The molecule has 0 rings (SSSR count). The molecule has 0 spiro atoms. The van der Waals surface area contributed by atoms with E-state index in [2.05, 4.69) is 45.1 Å². The monoisotopic (exact) mass is 761 g/mol. The maximum absolute atomic E-state index is 12.7. The van der Waals surface area contributed by atoms with Crippen molar-refractivity contribution in [3.05, 3.63) is 24.3 Å². The molecule has 0 aliphatic rings. The van der Waals surface area contributed by atoms with Crippen molar-refractivity contribution >= 4 is 17.9 Å². The lowest BCUT2D eigenvalue weighted by Crippen LogP contribution is -2.30. The van der Waals surface area contributed by atoms with Crippen LogP contribution in [0.3, 0.4) is 0 Å². The maximum Gasteiger partial charge on any atom is 0.306 e. The van der Waals surface area contributed by atoms with Gasteiger partial charge in [-0.25, -0.2) is 0 Å². The van der Waals surface area contributed by atoms with Crippen molar-refractivity contribution < 1.29 is 28.6 Å². The molecular weight excluding hydrogens is 673 g/mol. The fraction of sp³-hybridized carbons (Fsp3) is 0.854. The second-order valence-electron chi connectivity index (χ2n) is 15.7. The normalized spacial score (nSPS) is 12.1. The summed E-state index contributed by atoms with van der Waals surface area (Å²) in [7, 11) is 0. The van der Waals surface area contributed by atoms with Gasteiger partial charge in [-0.05, 0) is 70.6 Å². The second-order valence-corrected chi connectivity index (χ2v) is 15.7. The Hall–Kier alpha value is -2.11. The van der Waals surface area contributed by atoms with Gasteiger partial charge < -0.3 is 14.2 Å². The van der Waals surface area contributed by atoms with Crippen LogP contribution in [0.1, 0.15) is 245 Å². The van der Waals surface area contributed by atoms with Crippen LogP contribution in [-0.4, -0.2) is 37.2 Å². The Morgan fingerprint density at radius 2 is 0.611 bits per heavy atom. The predicted octanol–water partition coefficient (Wildman–Crippen LogP) is 14.8. The SMILES string of the molecule is CCCCC/C=C\CCCCCCCC(=O)OC(COC(=O)CCCCCCCC)COC(=O)CCCCCCCCC/C=C\CCCCCCCCC. The first-order chi connectivity index (χ1) is 26.5. The molecule has 0 N–H and O–H groups in total. The van der Waals surface area contributed by atoms with Crippen molar-refractivity contribution in [2.24, 2.45) is 0 Å². The van der Waals surface area contributed by atoms with Crippen LogP contribution in [0.15, 0.2) is 24.3 Å². The first-order valence-electron chi connectivity index (χ1n) is 23.3. The van der Waals surface area contributed by atoms with Gasteiger partial charge in [-0.15, -0.1) is 0 Å². The fourth-order valence-electron chi connectivity index (χ4n) is 6.61. The van der Waals surface area contributed by atoms with Crippen molar-refractivity contribution in [1.29, 1.82) is 0 Å². The molecule has 1 atom stereocenters. The van der Waals surface area contributed by atoms with E-state index in [-0.39, 0.29) is 31.1 Å². The minimum Gasteiger partial charge on any atom is -0.462 e. The number of hydrogen-bond donors (Lipinski definition) is 0. The van der Waals surface area contributed by atoms with Crippen molar-refractivity contribution in [2.75, 3.05) is 13.2 Å². The average molecular weight is 761 g/mol. The third-order valence-electron chi connectivity index (χ3n) is 10.2. The lowest BCUT2D eigenvalue weighted by atomic mass is 10.1. The zero-order valence-corrected chi connectivity index (χ0v) is 36.0. The zero-order valence-electron chi connectivity index (χ0n) is 36.0. The Morgan fingerprint density at radius 1 is 0.352 bits per heavy atom. The van der Waals surface area contributed by atoms with Crippen LogP contribution in [-0.2, 0) is 28.6 Å². The van der Waals surface area contributed by atoms with E-state index in [1.54, 1.807) is 0 Å². The van der Waals surface area contributed by atoms with Crippen molar-refractivity contribution in [3.63, 3.8) is 0 Å². The Kier molecular flexibility index (Phi) is 41.9. The van der Waals surface area contributed by atoms with Gasteiger partial charge in [-0.1, -0.05) is 180 Å². The van der Waals surface area contributed by atoms with Gasteiger partial charge in [0.15, 0.2) is 6.10 Å². The molecule has 6 nitrogen and oxygen atoms in total. The van der Waals surface area contributed by atoms with Crippen LogP contribution in [0.5, 0.6) is 0 Å². The van der Waals surface area contributed by atoms with E-state index in [1.165, 1.54) is 141 Å². The highest BCUT2D eigenvalue weighted by atomic mass is 16.6. The highest BCUT2D eigenvalue weighted by molar-refractivity contribution is 5.71. The third kappa shape index (κ3) is 41.1. The number of allylic oxidation sites excluding steroid dienone is 4. The molecule has 0 saturated carbocycles. The van der Waals surface area contributed by atoms with Gasteiger partial charge in [0.25, 0.3) is 0 Å². The lowest BCUT2D eigenvalue weighted by Gasteiger charge is -2.18.